The summed E-state index contributed by atoms with van der Waals surface area (Å²) in [7, 11) is 1.61. The van der Waals surface area contributed by atoms with Crippen molar-refractivity contribution in [1.29, 1.82) is 0 Å². The number of nitrogens with zero attached hydrogens (tertiary/aromatic N) is 3. The monoisotopic (exact) mass is 366 g/mol. The zero-order valence-corrected chi connectivity index (χ0v) is 14.9. The van der Waals surface area contributed by atoms with Gasteiger partial charge >= 0.3 is 0 Å². The van der Waals surface area contributed by atoms with E-state index in [4.69, 9.17) is 16.3 Å². The Labute approximate surface area is 153 Å². The summed E-state index contributed by atoms with van der Waals surface area (Å²) in [4.78, 5) is 20.5. The first-order chi connectivity index (χ1) is 12.6. The van der Waals surface area contributed by atoms with Crippen molar-refractivity contribution < 1.29 is 4.74 Å². The number of H-pyrrole nitrogens is 1. The van der Waals surface area contributed by atoms with Gasteiger partial charge in [0.25, 0.3) is 5.56 Å². The highest BCUT2D eigenvalue weighted by Gasteiger charge is 2.13. The van der Waals surface area contributed by atoms with Gasteiger partial charge in [-0.15, -0.1) is 0 Å². The van der Waals surface area contributed by atoms with Gasteiger partial charge in [-0.3, -0.25) is 4.79 Å². The lowest BCUT2D eigenvalue weighted by molar-refractivity contribution is 0.415. The number of methoxy groups -OCH3 is 1. The Morgan fingerprint density at radius 1 is 1.23 bits per heavy atom. The number of hydrogen-bond donors (Lipinski definition) is 1. The summed E-state index contributed by atoms with van der Waals surface area (Å²) in [6, 6.07) is 12.8. The second kappa shape index (κ2) is 6.31. The molecule has 0 aliphatic carbocycles. The maximum absolute atomic E-state index is 12.9. The molecule has 0 bridgehead atoms. The van der Waals surface area contributed by atoms with Crippen LogP contribution in [0.5, 0.6) is 5.75 Å². The van der Waals surface area contributed by atoms with Crippen LogP contribution in [0.1, 0.15) is 11.4 Å². The molecule has 2 aromatic heterocycles. The number of aromatic amines is 1. The molecule has 130 valence electrons. The van der Waals surface area contributed by atoms with Crippen LogP contribution in [-0.2, 0) is 0 Å². The van der Waals surface area contributed by atoms with E-state index in [1.54, 1.807) is 32.4 Å². The van der Waals surface area contributed by atoms with E-state index in [9.17, 15) is 4.79 Å². The summed E-state index contributed by atoms with van der Waals surface area (Å²) >= 11 is 6.07. The average Bonchev–Trinajstić information content (AvgIpc) is 3.00. The van der Waals surface area contributed by atoms with Crippen molar-refractivity contribution in [2.45, 2.75) is 6.92 Å². The molecule has 0 aliphatic heterocycles. The van der Waals surface area contributed by atoms with Crippen molar-refractivity contribution in [1.82, 2.24) is 14.6 Å². The van der Waals surface area contributed by atoms with E-state index in [1.165, 1.54) is 4.68 Å². The van der Waals surface area contributed by atoms with Gasteiger partial charge in [-0.1, -0.05) is 11.6 Å². The topological polar surface area (TPSA) is 72.3 Å². The largest absolute Gasteiger partial charge is 0.497 e. The lowest BCUT2D eigenvalue weighted by Crippen LogP contribution is -2.20. The second-order valence-electron chi connectivity index (χ2n) is 5.83. The van der Waals surface area contributed by atoms with Crippen LogP contribution in [0.15, 0.2) is 52.4 Å². The predicted molar refractivity (Wildman–Crippen MR) is 104 cm³/mol. The van der Waals surface area contributed by atoms with E-state index in [0.29, 0.717) is 21.9 Å². The van der Waals surface area contributed by atoms with Gasteiger partial charge in [-0.25, -0.2) is 4.98 Å². The van der Waals surface area contributed by atoms with Gasteiger partial charge in [-0.05, 0) is 55.0 Å². The maximum Gasteiger partial charge on any atom is 0.298 e. The minimum absolute atomic E-state index is 0.260. The minimum Gasteiger partial charge on any atom is -0.497 e. The van der Waals surface area contributed by atoms with Crippen LogP contribution in [0.2, 0.25) is 5.02 Å². The standard InChI is InChI=1S/C19H15ClN4O2/c1-11-22-17-15-9-13(20)5-8-16(15)23-18(17)19(25)24(11)21-10-12-3-6-14(26-2)7-4-12/h3-10,23H,1-2H3. The number of aromatic nitrogens is 3. The van der Waals surface area contributed by atoms with Crippen molar-refractivity contribution in [3.05, 3.63) is 69.2 Å². The van der Waals surface area contributed by atoms with Crippen molar-refractivity contribution in [3.8, 4) is 5.75 Å². The lowest BCUT2D eigenvalue weighted by atomic mass is 10.2. The van der Waals surface area contributed by atoms with Crippen LogP contribution in [0.25, 0.3) is 21.9 Å². The van der Waals surface area contributed by atoms with Crippen LogP contribution < -0.4 is 10.3 Å². The Morgan fingerprint density at radius 3 is 2.73 bits per heavy atom. The Hall–Kier alpha value is -3.12. The zero-order chi connectivity index (χ0) is 18.3. The number of benzene rings is 2. The Kier molecular flexibility index (Phi) is 3.97. The van der Waals surface area contributed by atoms with Gasteiger partial charge in [0, 0.05) is 15.9 Å². The molecule has 4 rings (SSSR count). The summed E-state index contributed by atoms with van der Waals surface area (Å²) in [5.74, 6) is 1.25. The molecular weight excluding hydrogens is 352 g/mol. The normalized spacial score (nSPS) is 11.7. The van der Waals surface area contributed by atoms with Crippen molar-refractivity contribution in [2.75, 3.05) is 7.11 Å². The Morgan fingerprint density at radius 2 is 2.00 bits per heavy atom. The van der Waals surface area contributed by atoms with E-state index in [1.807, 2.05) is 30.3 Å². The van der Waals surface area contributed by atoms with Gasteiger partial charge in [0.15, 0.2) is 0 Å². The number of halogens is 1. The number of rotatable bonds is 3. The molecule has 0 radical (unpaired) electrons. The number of nitrogens with one attached hydrogen (secondary N) is 1. The third-order valence-electron chi connectivity index (χ3n) is 4.16. The lowest BCUT2D eigenvalue weighted by Gasteiger charge is -2.03. The fourth-order valence-corrected chi connectivity index (χ4v) is 3.01. The maximum atomic E-state index is 12.9. The molecule has 0 saturated carbocycles. The van der Waals surface area contributed by atoms with Crippen LogP contribution in [-0.4, -0.2) is 28.0 Å². The van der Waals surface area contributed by atoms with Crippen LogP contribution in [0.3, 0.4) is 0 Å². The molecule has 7 heteroatoms. The molecule has 0 aliphatic rings. The molecule has 0 amide bonds. The highest BCUT2D eigenvalue weighted by Crippen LogP contribution is 2.25. The summed E-state index contributed by atoms with van der Waals surface area (Å²) < 4.78 is 6.41. The average molecular weight is 367 g/mol. The van der Waals surface area contributed by atoms with Crippen molar-refractivity contribution >= 4 is 39.8 Å². The molecule has 26 heavy (non-hydrogen) atoms. The molecule has 0 unspecified atom stereocenters. The van der Waals surface area contributed by atoms with E-state index in [0.717, 1.165) is 22.2 Å². The van der Waals surface area contributed by atoms with Crippen LogP contribution >= 0.6 is 11.6 Å². The molecule has 1 N–H and O–H groups in total. The highest BCUT2D eigenvalue weighted by atomic mass is 35.5. The third kappa shape index (κ3) is 2.74. The molecule has 2 aromatic carbocycles. The van der Waals surface area contributed by atoms with Crippen molar-refractivity contribution in [2.24, 2.45) is 5.10 Å². The summed E-state index contributed by atoms with van der Waals surface area (Å²) in [5.41, 5.74) is 2.40. The summed E-state index contributed by atoms with van der Waals surface area (Å²) in [6.07, 6.45) is 1.61. The van der Waals surface area contributed by atoms with Gasteiger partial charge in [0.1, 0.15) is 22.6 Å². The van der Waals surface area contributed by atoms with E-state index in [-0.39, 0.29) is 5.56 Å². The summed E-state index contributed by atoms with van der Waals surface area (Å²) in [5, 5.41) is 5.71. The van der Waals surface area contributed by atoms with E-state index >= 15 is 0 Å². The van der Waals surface area contributed by atoms with Gasteiger partial charge < -0.3 is 9.72 Å². The molecule has 2 heterocycles. The zero-order valence-electron chi connectivity index (χ0n) is 14.2. The molecule has 0 saturated heterocycles. The quantitative estimate of drug-likeness (QED) is 0.561. The third-order valence-corrected chi connectivity index (χ3v) is 4.39. The van der Waals surface area contributed by atoms with E-state index < -0.39 is 0 Å². The fraction of sp³-hybridized carbons (Fsp3) is 0.105. The first-order valence-electron chi connectivity index (χ1n) is 7.96. The first-order valence-corrected chi connectivity index (χ1v) is 8.33. The molecule has 6 nitrogen and oxygen atoms in total. The number of hydrogen-bond acceptors (Lipinski definition) is 4. The molecule has 0 spiro atoms. The number of fused-ring (bicyclic) bond motifs is 3. The SMILES string of the molecule is COc1ccc(C=Nn2c(C)nc3c([nH]c4ccc(Cl)cc43)c2=O)cc1. The minimum atomic E-state index is -0.260. The Balaban J connectivity index is 1.83. The van der Waals surface area contributed by atoms with Crippen LogP contribution in [0, 0.1) is 6.92 Å². The molecule has 0 atom stereocenters. The van der Waals surface area contributed by atoms with Gasteiger partial charge in [-0.2, -0.15) is 9.78 Å². The predicted octanol–water partition coefficient (Wildman–Crippen LogP) is 3.73. The molecule has 4 aromatic rings. The van der Waals surface area contributed by atoms with Crippen molar-refractivity contribution in [3.63, 3.8) is 0 Å². The molecule has 0 fully saturated rings. The van der Waals surface area contributed by atoms with Gasteiger partial charge in [0.05, 0.1) is 13.3 Å². The fourth-order valence-electron chi connectivity index (χ4n) is 2.83. The number of ether oxygens (including phenoxy) is 1. The van der Waals surface area contributed by atoms with Crippen LogP contribution in [0.4, 0.5) is 0 Å². The number of aryl methyl sites for hydroxylation is 1. The van der Waals surface area contributed by atoms with Gasteiger partial charge in [0.2, 0.25) is 0 Å². The first kappa shape index (κ1) is 16.4. The Bertz CT molecular complexity index is 1210. The highest BCUT2D eigenvalue weighted by molar-refractivity contribution is 6.31. The summed E-state index contributed by atoms with van der Waals surface area (Å²) in [6.45, 7) is 1.75. The molecular formula is C19H15ClN4O2. The second-order valence-corrected chi connectivity index (χ2v) is 6.27. The van der Waals surface area contributed by atoms with E-state index in [2.05, 4.69) is 15.1 Å². The smallest absolute Gasteiger partial charge is 0.298 e.